The van der Waals surface area contributed by atoms with Crippen LogP contribution in [0.15, 0.2) is 48.5 Å². The first-order valence-corrected chi connectivity index (χ1v) is 9.36. The predicted molar refractivity (Wildman–Crippen MR) is 112 cm³/mol. The quantitative estimate of drug-likeness (QED) is 0.691. The standard InChI is InChI=1S/C21H24ClN3O4/c1-14(26)23-19(15-7-9-16(22)10-8-15)12-21(28)25(2)13-20(27)24-17-5-4-6-18(11-17)29-3/h4-11,19H,12-13H2,1-3H3,(H,23,26)(H,24,27). The molecule has 8 heteroatoms. The molecule has 7 nitrogen and oxygen atoms in total. The van der Waals surface area contributed by atoms with Gasteiger partial charge in [0.25, 0.3) is 0 Å². The molecule has 0 saturated heterocycles. The lowest BCUT2D eigenvalue weighted by atomic mass is 10.0. The molecule has 2 aromatic carbocycles. The van der Waals surface area contributed by atoms with E-state index in [4.69, 9.17) is 16.3 Å². The highest BCUT2D eigenvalue weighted by molar-refractivity contribution is 6.30. The lowest BCUT2D eigenvalue weighted by Crippen LogP contribution is -2.38. The van der Waals surface area contributed by atoms with Crippen molar-refractivity contribution in [3.8, 4) is 5.75 Å². The van der Waals surface area contributed by atoms with Crippen molar-refractivity contribution in [3.05, 3.63) is 59.1 Å². The first-order valence-electron chi connectivity index (χ1n) is 8.99. The summed E-state index contributed by atoms with van der Waals surface area (Å²) < 4.78 is 5.12. The third-order valence-corrected chi connectivity index (χ3v) is 4.44. The first-order chi connectivity index (χ1) is 13.8. The van der Waals surface area contributed by atoms with Crippen molar-refractivity contribution in [2.75, 3.05) is 26.0 Å². The summed E-state index contributed by atoms with van der Waals surface area (Å²) in [6.45, 7) is 1.27. The molecule has 0 aliphatic heterocycles. The highest BCUT2D eigenvalue weighted by Gasteiger charge is 2.21. The molecule has 0 aliphatic carbocycles. The molecule has 0 heterocycles. The molecule has 2 rings (SSSR count). The van der Waals surface area contributed by atoms with Gasteiger partial charge in [-0.3, -0.25) is 14.4 Å². The van der Waals surface area contributed by atoms with Crippen LogP contribution < -0.4 is 15.4 Å². The number of nitrogens with zero attached hydrogens (tertiary/aromatic N) is 1. The number of rotatable bonds is 8. The van der Waals surface area contributed by atoms with Gasteiger partial charge in [-0.25, -0.2) is 0 Å². The van der Waals surface area contributed by atoms with Crippen LogP contribution >= 0.6 is 11.6 Å². The van der Waals surface area contributed by atoms with Crippen molar-refractivity contribution in [1.82, 2.24) is 10.2 Å². The largest absolute Gasteiger partial charge is 0.497 e. The fourth-order valence-electron chi connectivity index (χ4n) is 2.73. The maximum Gasteiger partial charge on any atom is 0.243 e. The van der Waals surface area contributed by atoms with E-state index >= 15 is 0 Å². The Labute approximate surface area is 175 Å². The molecule has 0 aromatic heterocycles. The van der Waals surface area contributed by atoms with Crippen LogP contribution in [0.2, 0.25) is 5.02 Å². The number of benzene rings is 2. The minimum absolute atomic E-state index is 0.0180. The van der Waals surface area contributed by atoms with E-state index in [9.17, 15) is 14.4 Å². The number of likely N-dealkylation sites (N-methyl/N-ethyl adjacent to an activating group) is 1. The van der Waals surface area contributed by atoms with Crippen LogP contribution in [0, 0.1) is 0 Å². The summed E-state index contributed by atoms with van der Waals surface area (Å²) in [4.78, 5) is 37.7. The molecule has 154 valence electrons. The van der Waals surface area contributed by atoms with Gasteiger partial charge in [-0.1, -0.05) is 29.8 Å². The van der Waals surface area contributed by atoms with Gasteiger partial charge in [0.15, 0.2) is 0 Å². The topological polar surface area (TPSA) is 87.7 Å². The fraction of sp³-hybridized carbons (Fsp3) is 0.286. The minimum atomic E-state index is -0.513. The van der Waals surface area contributed by atoms with Gasteiger partial charge >= 0.3 is 0 Å². The Morgan fingerprint density at radius 3 is 2.45 bits per heavy atom. The van der Waals surface area contributed by atoms with E-state index in [0.717, 1.165) is 5.56 Å². The molecule has 0 aliphatic rings. The molecule has 3 amide bonds. The second kappa shape index (κ2) is 10.5. The number of nitrogens with one attached hydrogen (secondary N) is 2. The molecule has 1 unspecified atom stereocenters. The second-order valence-corrected chi connectivity index (χ2v) is 6.98. The zero-order valence-corrected chi connectivity index (χ0v) is 17.3. The van der Waals surface area contributed by atoms with E-state index in [0.29, 0.717) is 16.5 Å². The van der Waals surface area contributed by atoms with Crippen LogP contribution in [0.5, 0.6) is 5.75 Å². The van der Waals surface area contributed by atoms with Gasteiger partial charge in [0.2, 0.25) is 17.7 Å². The van der Waals surface area contributed by atoms with E-state index in [-0.39, 0.29) is 30.7 Å². The van der Waals surface area contributed by atoms with Crippen LogP contribution in [0.4, 0.5) is 5.69 Å². The number of methoxy groups -OCH3 is 1. The zero-order valence-electron chi connectivity index (χ0n) is 16.6. The Morgan fingerprint density at radius 2 is 1.83 bits per heavy atom. The fourth-order valence-corrected chi connectivity index (χ4v) is 2.85. The van der Waals surface area contributed by atoms with Gasteiger partial charge < -0.3 is 20.3 Å². The van der Waals surface area contributed by atoms with Crippen molar-refractivity contribution in [1.29, 1.82) is 0 Å². The van der Waals surface area contributed by atoms with Crippen molar-refractivity contribution in [2.45, 2.75) is 19.4 Å². The summed E-state index contributed by atoms with van der Waals surface area (Å²) in [7, 11) is 3.08. The number of hydrogen-bond donors (Lipinski definition) is 2. The average molecular weight is 418 g/mol. The summed E-state index contributed by atoms with van der Waals surface area (Å²) in [5, 5.41) is 6.05. The average Bonchev–Trinajstić information content (AvgIpc) is 2.67. The van der Waals surface area contributed by atoms with Crippen LogP contribution in [0.25, 0.3) is 0 Å². The molecule has 29 heavy (non-hydrogen) atoms. The van der Waals surface area contributed by atoms with Crippen LogP contribution in [0.3, 0.4) is 0 Å². The highest BCUT2D eigenvalue weighted by atomic mass is 35.5. The van der Waals surface area contributed by atoms with Gasteiger partial charge in [0.1, 0.15) is 5.75 Å². The van der Waals surface area contributed by atoms with Crippen molar-refractivity contribution >= 4 is 35.0 Å². The van der Waals surface area contributed by atoms with E-state index < -0.39 is 6.04 Å². The second-order valence-electron chi connectivity index (χ2n) is 6.54. The molecule has 0 bridgehead atoms. The molecule has 2 N–H and O–H groups in total. The summed E-state index contributed by atoms with van der Waals surface area (Å²) in [5.74, 6) is -0.249. The zero-order chi connectivity index (χ0) is 21.4. The van der Waals surface area contributed by atoms with E-state index in [2.05, 4.69) is 10.6 Å². The summed E-state index contributed by atoms with van der Waals surface area (Å²) >= 11 is 5.91. The Hall–Kier alpha value is -3.06. The van der Waals surface area contributed by atoms with E-state index in [1.165, 1.54) is 11.8 Å². The van der Waals surface area contributed by atoms with Crippen LogP contribution in [0.1, 0.15) is 24.9 Å². The summed E-state index contributed by atoms with van der Waals surface area (Å²) in [6.07, 6.45) is 0.0180. The Balaban J connectivity index is 1.98. The molecule has 1 atom stereocenters. The minimum Gasteiger partial charge on any atom is -0.497 e. The Bertz CT molecular complexity index is 870. The predicted octanol–water partition coefficient (Wildman–Crippen LogP) is 3.01. The highest BCUT2D eigenvalue weighted by Crippen LogP contribution is 2.21. The van der Waals surface area contributed by atoms with Gasteiger partial charge in [0, 0.05) is 30.7 Å². The van der Waals surface area contributed by atoms with Gasteiger partial charge in [-0.05, 0) is 29.8 Å². The monoisotopic (exact) mass is 417 g/mol. The number of ether oxygens (including phenoxy) is 1. The van der Waals surface area contributed by atoms with Crippen molar-refractivity contribution in [3.63, 3.8) is 0 Å². The molecule has 0 fully saturated rings. The summed E-state index contributed by atoms with van der Waals surface area (Å²) in [5.41, 5.74) is 1.33. The maximum absolute atomic E-state index is 12.6. The first kappa shape index (κ1) is 22.2. The van der Waals surface area contributed by atoms with Crippen molar-refractivity contribution in [2.24, 2.45) is 0 Å². The summed E-state index contributed by atoms with van der Waals surface area (Å²) in [6, 6.07) is 13.3. The number of halogens is 1. The van der Waals surface area contributed by atoms with Gasteiger partial charge in [0.05, 0.1) is 26.1 Å². The Kier molecular flexibility index (Phi) is 8.03. The molecule has 2 aromatic rings. The molecule has 0 saturated carbocycles. The number of carbonyl (C=O) groups is 3. The van der Waals surface area contributed by atoms with E-state index in [1.807, 2.05) is 0 Å². The lowest BCUT2D eigenvalue weighted by Gasteiger charge is -2.22. The molecular weight excluding hydrogens is 394 g/mol. The SMILES string of the molecule is COc1cccc(NC(=O)CN(C)C(=O)CC(NC(C)=O)c2ccc(Cl)cc2)c1. The van der Waals surface area contributed by atoms with Gasteiger partial charge in [-0.15, -0.1) is 0 Å². The molecule has 0 radical (unpaired) electrons. The van der Waals surface area contributed by atoms with Crippen molar-refractivity contribution < 1.29 is 19.1 Å². The van der Waals surface area contributed by atoms with E-state index in [1.54, 1.807) is 62.7 Å². The number of amides is 3. The Morgan fingerprint density at radius 1 is 1.14 bits per heavy atom. The van der Waals surface area contributed by atoms with Gasteiger partial charge in [-0.2, -0.15) is 0 Å². The number of hydrogen-bond acceptors (Lipinski definition) is 4. The third kappa shape index (κ3) is 7.12. The van der Waals surface area contributed by atoms with Crippen LogP contribution in [-0.4, -0.2) is 43.3 Å². The maximum atomic E-state index is 12.6. The number of anilines is 1. The number of carbonyl (C=O) groups excluding carboxylic acids is 3. The smallest absolute Gasteiger partial charge is 0.243 e. The normalized spacial score (nSPS) is 11.3. The third-order valence-electron chi connectivity index (χ3n) is 4.19. The molecule has 0 spiro atoms. The lowest BCUT2D eigenvalue weighted by molar-refractivity contribution is -0.134. The molecular formula is C21H24ClN3O4. The van der Waals surface area contributed by atoms with Crippen LogP contribution in [-0.2, 0) is 14.4 Å².